The first-order valence-corrected chi connectivity index (χ1v) is 10.1. The van der Waals surface area contributed by atoms with Crippen molar-refractivity contribution in [3.05, 3.63) is 64.7 Å². The maximum absolute atomic E-state index is 13.1. The second-order valence-electron chi connectivity index (χ2n) is 6.78. The highest BCUT2D eigenvalue weighted by molar-refractivity contribution is 8.14. The first-order valence-electron chi connectivity index (χ1n) is 9.07. The summed E-state index contributed by atoms with van der Waals surface area (Å²) in [7, 11) is 1.33. The van der Waals surface area contributed by atoms with Gasteiger partial charge in [0, 0.05) is 17.8 Å². The van der Waals surface area contributed by atoms with Crippen LogP contribution in [0.2, 0.25) is 0 Å². The summed E-state index contributed by atoms with van der Waals surface area (Å²) in [6.45, 7) is 0.674. The smallest absolute Gasteiger partial charge is 0.337 e. The second kappa shape index (κ2) is 7.71. The third-order valence-corrected chi connectivity index (χ3v) is 5.86. The molecule has 0 saturated carbocycles. The minimum absolute atomic E-state index is 0.158. The van der Waals surface area contributed by atoms with Crippen molar-refractivity contribution in [3.63, 3.8) is 0 Å². The molecule has 0 unspecified atom stereocenters. The summed E-state index contributed by atoms with van der Waals surface area (Å²) in [4.78, 5) is 51.3. The summed E-state index contributed by atoms with van der Waals surface area (Å²) in [5.74, 6) is -0.624. The Labute approximate surface area is 171 Å². The third kappa shape index (κ3) is 3.63. The van der Waals surface area contributed by atoms with Crippen molar-refractivity contribution < 1.29 is 23.9 Å². The van der Waals surface area contributed by atoms with E-state index in [9.17, 15) is 19.2 Å². The molecule has 2 heterocycles. The fourth-order valence-electron chi connectivity index (χ4n) is 3.53. The summed E-state index contributed by atoms with van der Waals surface area (Å²) >= 11 is 0.990. The lowest BCUT2D eigenvalue weighted by atomic mass is 10.1. The zero-order chi connectivity index (χ0) is 20.5. The van der Waals surface area contributed by atoms with Crippen LogP contribution in [0.3, 0.4) is 0 Å². The first-order chi connectivity index (χ1) is 14.0. The van der Waals surface area contributed by atoms with Crippen molar-refractivity contribution in [2.75, 3.05) is 24.3 Å². The fraction of sp³-hybridized carbons (Fsp3) is 0.238. The molecule has 0 bridgehead atoms. The van der Waals surface area contributed by atoms with Gasteiger partial charge in [-0.15, -0.1) is 0 Å². The maximum Gasteiger partial charge on any atom is 0.337 e. The van der Waals surface area contributed by atoms with E-state index in [1.807, 2.05) is 0 Å². The monoisotopic (exact) mass is 410 g/mol. The molecule has 7 nitrogen and oxygen atoms in total. The van der Waals surface area contributed by atoms with Gasteiger partial charge in [-0.05, 0) is 47.9 Å². The Morgan fingerprint density at radius 2 is 1.93 bits per heavy atom. The van der Waals surface area contributed by atoms with Crippen molar-refractivity contribution in [1.29, 1.82) is 0 Å². The number of benzene rings is 2. The predicted molar refractivity (Wildman–Crippen MR) is 108 cm³/mol. The molecule has 3 amide bonds. The third-order valence-electron chi connectivity index (χ3n) is 5.00. The van der Waals surface area contributed by atoms with Crippen molar-refractivity contribution in [2.45, 2.75) is 13.0 Å². The molecule has 0 aliphatic carbocycles. The SMILES string of the molecule is COC(=O)c1ccc2c(c1)CCN2C(=O)c1cccc(CN2C(=O)CSC2=O)c1. The topological polar surface area (TPSA) is 84.0 Å². The number of esters is 1. The average molecular weight is 410 g/mol. The minimum Gasteiger partial charge on any atom is -0.465 e. The van der Waals surface area contributed by atoms with Crippen LogP contribution in [0.15, 0.2) is 42.5 Å². The number of nitrogens with zero attached hydrogens (tertiary/aromatic N) is 2. The molecule has 1 fully saturated rings. The summed E-state index contributed by atoms with van der Waals surface area (Å²) in [5, 5.41) is -0.262. The summed E-state index contributed by atoms with van der Waals surface area (Å²) in [6, 6.07) is 12.1. The number of anilines is 1. The van der Waals surface area contributed by atoms with Crippen LogP contribution in [0, 0.1) is 0 Å². The molecule has 2 aromatic carbocycles. The van der Waals surface area contributed by atoms with E-state index in [1.54, 1.807) is 47.4 Å². The molecule has 148 valence electrons. The van der Waals surface area contributed by atoms with Crippen LogP contribution in [0.5, 0.6) is 0 Å². The Morgan fingerprint density at radius 3 is 2.66 bits per heavy atom. The number of hydrogen-bond acceptors (Lipinski definition) is 6. The molecule has 4 rings (SSSR count). The quantitative estimate of drug-likeness (QED) is 0.721. The normalized spacial score (nSPS) is 15.6. The van der Waals surface area contributed by atoms with E-state index in [-0.39, 0.29) is 29.4 Å². The fourth-order valence-corrected chi connectivity index (χ4v) is 4.26. The molecule has 2 aliphatic rings. The largest absolute Gasteiger partial charge is 0.465 e. The molecule has 8 heteroatoms. The van der Waals surface area contributed by atoms with Crippen LogP contribution in [0.25, 0.3) is 0 Å². The molecule has 0 radical (unpaired) electrons. The maximum atomic E-state index is 13.1. The predicted octanol–water partition coefficient (Wildman–Crippen LogP) is 2.87. The Balaban J connectivity index is 1.55. The minimum atomic E-state index is -0.408. The highest BCUT2D eigenvalue weighted by atomic mass is 32.2. The lowest BCUT2D eigenvalue weighted by Gasteiger charge is -2.19. The van der Waals surface area contributed by atoms with E-state index >= 15 is 0 Å². The van der Waals surface area contributed by atoms with Gasteiger partial charge in [0.05, 0.1) is 25.0 Å². The van der Waals surface area contributed by atoms with Crippen molar-refractivity contribution >= 4 is 40.5 Å². The Morgan fingerprint density at radius 1 is 1.10 bits per heavy atom. The number of methoxy groups -OCH3 is 1. The van der Waals surface area contributed by atoms with Crippen LogP contribution in [-0.4, -0.2) is 47.3 Å². The van der Waals surface area contributed by atoms with Gasteiger partial charge in [-0.2, -0.15) is 0 Å². The summed E-state index contributed by atoms with van der Waals surface area (Å²) in [6.07, 6.45) is 0.652. The van der Waals surface area contributed by atoms with E-state index in [0.717, 1.165) is 28.6 Å². The van der Waals surface area contributed by atoms with Gasteiger partial charge >= 0.3 is 5.97 Å². The van der Waals surface area contributed by atoms with E-state index in [0.29, 0.717) is 24.1 Å². The number of hydrogen-bond donors (Lipinski definition) is 0. The lowest BCUT2D eigenvalue weighted by Crippen LogP contribution is -2.30. The number of rotatable bonds is 4. The van der Waals surface area contributed by atoms with Gasteiger partial charge in [0.25, 0.3) is 11.1 Å². The zero-order valence-electron chi connectivity index (χ0n) is 15.7. The van der Waals surface area contributed by atoms with Crippen molar-refractivity contribution in [1.82, 2.24) is 4.90 Å². The number of imide groups is 1. The highest BCUT2D eigenvalue weighted by Gasteiger charge is 2.30. The van der Waals surface area contributed by atoms with Gasteiger partial charge < -0.3 is 9.64 Å². The van der Waals surface area contributed by atoms with Gasteiger partial charge in [-0.1, -0.05) is 23.9 Å². The van der Waals surface area contributed by atoms with Crippen LogP contribution in [-0.2, 0) is 22.5 Å². The number of ether oxygens (including phenoxy) is 1. The molecular weight excluding hydrogens is 392 g/mol. The molecule has 0 spiro atoms. The number of carbonyl (C=O) groups excluding carboxylic acids is 4. The average Bonchev–Trinajstić information content (AvgIpc) is 3.30. The van der Waals surface area contributed by atoms with Gasteiger partial charge in [-0.25, -0.2) is 4.79 Å². The number of thioether (sulfide) groups is 1. The molecular formula is C21H18N2O5S. The van der Waals surface area contributed by atoms with Crippen LogP contribution in [0.1, 0.15) is 31.8 Å². The summed E-state index contributed by atoms with van der Waals surface area (Å²) in [5.41, 5.74) is 3.36. The molecule has 2 aromatic rings. The molecule has 29 heavy (non-hydrogen) atoms. The number of carbonyl (C=O) groups is 4. The van der Waals surface area contributed by atoms with Crippen LogP contribution < -0.4 is 4.90 Å². The van der Waals surface area contributed by atoms with Crippen LogP contribution in [0.4, 0.5) is 10.5 Å². The van der Waals surface area contributed by atoms with Crippen LogP contribution >= 0.6 is 11.8 Å². The van der Waals surface area contributed by atoms with Gasteiger partial charge in [0.2, 0.25) is 5.91 Å². The molecule has 0 atom stereocenters. The number of amides is 3. The molecule has 2 aliphatic heterocycles. The first kappa shape index (κ1) is 19.2. The standard InChI is InChI=1S/C21H18N2O5S/c1-28-20(26)16-5-6-17-14(10-16)7-8-22(17)19(25)15-4-2-3-13(9-15)11-23-18(24)12-29-21(23)27/h2-6,9-10H,7-8,11-12H2,1H3. The molecule has 1 saturated heterocycles. The van der Waals surface area contributed by atoms with E-state index in [4.69, 9.17) is 4.74 Å². The Kier molecular flexibility index (Phi) is 5.10. The Hall–Kier alpha value is -3.13. The molecule has 0 aromatic heterocycles. The van der Waals surface area contributed by atoms with Crippen molar-refractivity contribution in [2.24, 2.45) is 0 Å². The van der Waals surface area contributed by atoms with E-state index in [1.165, 1.54) is 12.0 Å². The van der Waals surface area contributed by atoms with Gasteiger partial charge in [-0.3, -0.25) is 19.3 Å². The Bertz CT molecular complexity index is 1020. The van der Waals surface area contributed by atoms with Gasteiger partial charge in [0.1, 0.15) is 0 Å². The van der Waals surface area contributed by atoms with Crippen molar-refractivity contribution in [3.8, 4) is 0 Å². The lowest BCUT2D eigenvalue weighted by molar-refractivity contribution is -0.125. The van der Waals surface area contributed by atoms with E-state index in [2.05, 4.69) is 0 Å². The highest BCUT2D eigenvalue weighted by Crippen LogP contribution is 2.31. The zero-order valence-corrected chi connectivity index (χ0v) is 16.5. The summed E-state index contributed by atoms with van der Waals surface area (Å²) < 4.78 is 4.75. The number of fused-ring (bicyclic) bond motifs is 1. The second-order valence-corrected chi connectivity index (χ2v) is 7.70. The van der Waals surface area contributed by atoms with E-state index < -0.39 is 5.97 Å². The van der Waals surface area contributed by atoms with Gasteiger partial charge in [0.15, 0.2) is 0 Å². The molecule has 0 N–H and O–H groups in total.